The van der Waals surface area contributed by atoms with Gasteiger partial charge in [0, 0.05) is 24.0 Å². The minimum atomic E-state index is -0.870. The van der Waals surface area contributed by atoms with E-state index >= 15 is 0 Å². The zero-order chi connectivity index (χ0) is 18.4. The van der Waals surface area contributed by atoms with Crippen LogP contribution in [0.4, 0.5) is 0 Å². The summed E-state index contributed by atoms with van der Waals surface area (Å²) in [5.74, 6) is 0.437. The van der Waals surface area contributed by atoms with Crippen molar-refractivity contribution in [3.63, 3.8) is 0 Å². The van der Waals surface area contributed by atoms with Crippen LogP contribution in [0.1, 0.15) is 31.7 Å². The van der Waals surface area contributed by atoms with Gasteiger partial charge in [-0.2, -0.15) is 0 Å². The molecular formula is C18H21NO6. The third-order valence-electron chi connectivity index (χ3n) is 4.55. The SMILES string of the molecule is COc1cc(OC)c([C@@H]2CC(=O)NC3=C2C(=O)OC3(C)C)cc1OC. The number of carbonyl (C=O) groups excluding carboxylic acids is 2. The van der Waals surface area contributed by atoms with Crippen LogP contribution < -0.4 is 19.5 Å². The summed E-state index contributed by atoms with van der Waals surface area (Å²) < 4.78 is 21.6. The van der Waals surface area contributed by atoms with Gasteiger partial charge in [0.15, 0.2) is 11.5 Å². The smallest absolute Gasteiger partial charge is 0.337 e. The van der Waals surface area contributed by atoms with Crippen molar-refractivity contribution in [3.05, 3.63) is 29.0 Å². The van der Waals surface area contributed by atoms with Crippen molar-refractivity contribution in [3.8, 4) is 17.2 Å². The van der Waals surface area contributed by atoms with E-state index in [1.165, 1.54) is 21.3 Å². The van der Waals surface area contributed by atoms with Gasteiger partial charge in [-0.25, -0.2) is 4.79 Å². The van der Waals surface area contributed by atoms with Gasteiger partial charge in [0.25, 0.3) is 0 Å². The number of benzene rings is 1. The number of ether oxygens (including phenoxy) is 4. The van der Waals surface area contributed by atoms with E-state index in [9.17, 15) is 9.59 Å². The first-order chi connectivity index (χ1) is 11.8. The summed E-state index contributed by atoms with van der Waals surface area (Å²) in [6.45, 7) is 3.50. The Balaban J connectivity index is 2.19. The molecule has 1 atom stereocenters. The normalized spacial score (nSPS) is 21.4. The molecule has 7 heteroatoms. The first kappa shape index (κ1) is 17.1. The minimum Gasteiger partial charge on any atom is -0.496 e. The van der Waals surface area contributed by atoms with Crippen LogP contribution in [0.2, 0.25) is 0 Å². The summed E-state index contributed by atoms with van der Waals surface area (Å²) in [7, 11) is 4.59. The summed E-state index contributed by atoms with van der Waals surface area (Å²) in [6, 6.07) is 3.43. The van der Waals surface area contributed by atoms with Gasteiger partial charge >= 0.3 is 5.97 Å². The van der Waals surface area contributed by atoms with Crippen LogP contribution in [0.15, 0.2) is 23.4 Å². The van der Waals surface area contributed by atoms with Crippen LogP contribution in [0.25, 0.3) is 0 Å². The average molecular weight is 347 g/mol. The van der Waals surface area contributed by atoms with Crippen molar-refractivity contribution < 1.29 is 28.5 Å². The predicted molar refractivity (Wildman–Crippen MR) is 88.8 cm³/mol. The van der Waals surface area contributed by atoms with E-state index in [1.807, 2.05) is 0 Å². The van der Waals surface area contributed by atoms with Gasteiger partial charge < -0.3 is 24.3 Å². The maximum Gasteiger partial charge on any atom is 0.337 e. The maximum atomic E-state index is 12.5. The third kappa shape index (κ3) is 2.69. The van der Waals surface area contributed by atoms with Crippen LogP contribution >= 0.6 is 0 Å². The number of hydrogen-bond donors (Lipinski definition) is 1. The molecule has 0 fully saturated rings. The molecule has 0 unspecified atom stereocenters. The second-order valence-corrected chi connectivity index (χ2v) is 6.44. The molecule has 1 amide bonds. The molecule has 0 aliphatic carbocycles. The van der Waals surface area contributed by atoms with E-state index in [0.29, 0.717) is 34.1 Å². The highest BCUT2D eigenvalue weighted by Gasteiger charge is 2.48. The fourth-order valence-electron chi connectivity index (χ4n) is 3.37. The fraction of sp³-hybridized carbons (Fsp3) is 0.444. The Hall–Kier alpha value is -2.70. The highest BCUT2D eigenvalue weighted by Crippen LogP contribution is 2.47. The number of cyclic esters (lactones) is 1. The molecule has 0 aromatic heterocycles. The Morgan fingerprint density at radius 3 is 2.24 bits per heavy atom. The van der Waals surface area contributed by atoms with Crippen LogP contribution in [-0.4, -0.2) is 38.8 Å². The first-order valence-electron chi connectivity index (χ1n) is 7.90. The molecule has 1 N–H and O–H groups in total. The number of esters is 1. The summed E-state index contributed by atoms with van der Waals surface area (Å²) in [4.78, 5) is 24.7. The first-order valence-corrected chi connectivity index (χ1v) is 7.90. The lowest BCUT2D eigenvalue weighted by Crippen LogP contribution is -2.38. The second kappa shape index (κ2) is 5.98. The molecule has 0 bridgehead atoms. The molecule has 0 saturated heterocycles. The molecule has 2 aliphatic rings. The van der Waals surface area contributed by atoms with Crippen molar-refractivity contribution in [1.82, 2.24) is 5.32 Å². The van der Waals surface area contributed by atoms with Crippen LogP contribution in [0.3, 0.4) is 0 Å². The zero-order valence-corrected chi connectivity index (χ0v) is 14.9. The van der Waals surface area contributed by atoms with Gasteiger partial charge in [-0.15, -0.1) is 0 Å². The summed E-state index contributed by atoms with van der Waals surface area (Å²) in [5, 5.41) is 2.79. The van der Waals surface area contributed by atoms with Crippen molar-refractivity contribution >= 4 is 11.9 Å². The molecule has 0 spiro atoms. The molecule has 1 aromatic rings. The third-order valence-corrected chi connectivity index (χ3v) is 4.55. The minimum absolute atomic E-state index is 0.121. The number of hydrogen-bond acceptors (Lipinski definition) is 6. The molecule has 0 saturated carbocycles. The molecule has 25 heavy (non-hydrogen) atoms. The molecule has 134 valence electrons. The largest absolute Gasteiger partial charge is 0.496 e. The Bertz CT molecular complexity index is 780. The van der Waals surface area contributed by atoms with Gasteiger partial charge in [-0.1, -0.05) is 0 Å². The van der Waals surface area contributed by atoms with Gasteiger partial charge in [-0.3, -0.25) is 4.79 Å². The standard InChI is InChI=1S/C18H21NO6/c1-18(2)16-15(17(21)25-18)10(7-14(20)19-16)9-6-12(23-4)13(24-5)8-11(9)22-3/h6,8,10H,7H2,1-5H3,(H,19,20)/t10-/m0/s1. The number of nitrogens with one attached hydrogen (secondary N) is 1. The van der Waals surface area contributed by atoms with E-state index in [-0.39, 0.29) is 12.3 Å². The second-order valence-electron chi connectivity index (χ2n) is 6.44. The Morgan fingerprint density at radius 2 is 1.64 bits per heavy atom. The van der Waals surface area contributed by atoms with Gasteiger partial charge in [0.05, 0.1) is 32.6 Å². The topological polar surface area (TPSA) is 83.1 Å². The lowest BCUT2D eigenvalue weighted by atomic mass is 9.82. The quantitative estimate of drug-likeness (QED) is 0.838. The molecular weight excluding hydrogens is 326 g/mol. The molecule has 2 heterocycles. The molecule has 3 rings (SSSR count). The maximum absolute atomic E-state index is 12.5. The number of amides is 1. The van der Waals surface area contributed by atoms with Gasteiger partial charge in [0.1, 0.15) is 11.4 Å². The molecule has 7 nitrogen and oxygen atoms in total. The van der Waals surface area contributed by atoms with E-state index in [0.717, 1.165) is 0 Å². The Kier molecular flexibility index (Phi) is 4.10. The van der Waals surface area contributed by atoms with Crippen LogP contribution in [-0.2, 0) is 14.3 Å². The van der Waals surface area contributed by atoms with Crippen LogP contribution in [0, 0.1) is 0 Å². The molecule has 1 aromatic carbocycles. The summed E-state index contributed by atoms with van der Waals surface area (Å²) >= 11 is 0. The lowest BCUT2D eigenvalue weighted by molar-refractivity contribution is -0.144. The van der Waals surface area contributed by atoms with Gasteiger partial charge in [0.2, 0.25) is 5.91 Å². The monoisotopic (exact) mass is 347 g/mol. The summed E-state index contributed by atoms with van der Waals surface area (Å²) in [6.07, 6.45) is 0.121. The van der Waals surface area contributed by atoms with E-state index in [2.05, 4.69) is 5.32 Å². The van der Waals surface area contributed by atoms with Crippen molar-refractivity contribution in [2.24, 2.45) is 0 Å². The Labute approximate surface area is 145 Å². The number of methoxy groups -OCH3 is 3. The Morgan fingerprint density at radius 1 is 1.04 bits per heavy atom. The highest BCUT2D eigenvalue weighted by atomic mass is 16.6. The van der Waals surface area contributed by atoms with E-state index in [1.54, 1.807) is 26.0 Å². The summed E-state index contributed by atoms with van der Waals surface area (Å²) in [5.41, 5.74) is 0.771. The van der Waals surface area contributed by atoms with Gasteiger partial charge in [-0.05, 0) is 19.9 Å². The highest BCUT2D eigenvalue weighted by molar-refractivity contribution is 5.99. The van der Waals surface area contributed by atoms with Crippen molar-refractivity contribution in [2.75, 3.05) is 21.3 Å². The fourth-order valence-corrected chi connectivity index (χ4v) is 3.37. The molecule has 2 aliphatic heterocycles. The number of carbonyl (C=O) groups is 2. The van der Waals surface area contributed by atoms with E-state index < -0.39 is 17.5 Å². The molecule has 0 radical (unpaired) electrons. The van der Waals surface area contributed by atoms with Crippen molar-refractivity contribution in [2.45, 2.75) is 31.8 Å². The zero-order valence-electron chi connectivity index (χ0n) is 14.9. The predicted octanol–water partition coefficient (Wildman–Crippen LogP) is 1.91. The average Bonchev–Trinajstić information content (AvgIpc) is 2.81. The van der Waals surface area contributed by atoms with Crippen LogP contribution in [0.5, 0.6) is 17.2 Å². The van der Waals surface area contributed by atoms with E-state index in [4.69, 9.17) is 18.9 Å². The number of rotatable bonds is 4. The lowest BCUT2D eigenvalue weighted by Gasteiger charge is -2.28. The van der Waals surface area contributed by atoms with Crippen molar-refractivity contribution in [1.29, 1.82) is 0 Å².